The maximum atomic E-state index is 12.6. The largest absolute Gasteiger partial charge is 0.461 e. The van der Waals surface area contributed by atoms with Crippen molar-refractivity contribution in [1.29, 1.82) is 0 Å². The van der Waals surface area contributed by atoms with Crippen LogP contribution in [0, 0.1) is 0 Å². The summed E-state index contributed by atoms with van der Waals surface area (Å²) in [6, 6.07) is 11.7. The Bertz CT molecular complexity index is 1260. The summed E-state index contributed by atoms with van der Waals surface area (Å²) in [6.07, 6.45) is 2.61. The molecule has 0 atom stereocenters. The number of hydrogen-bond acceptors (Lipinski definition) is 7. The van der Waals surface area contributed by atoms with Crippen LogP contribution < -0.4 is 4.90 Å². The Morgan fingerprint density at radius 1 is 1.00 bits per heavy atom. The van der Waals surface area contributed by atoms with Crippen molar-refractivity contribution in [1.82, 2.24) is 19.7 Å². The molecular formula is C28H37N5O4. The molecule has 2 aromatic heterocycles. The Morgan fingerprint density at radius 3 is 2.43 bits per heavy atom. The third kappa shape index (κ3) is 6.39. The number of esters is 1. The molecule has 0 aliphatic carbocycles. The number of unbranched alkanes of at least 4 members (excludes halogenated alkanes) is 1. The minimum absolute atomic E-state index is 0.273. The maximum Gasteiger partial charge on any atom is 0.410 e. The van der Waals surface area contributed by atoms with E-state index < -0.39 is 5.60 Å². The summed E-state index contributed by atoms with van der Waals surface area (Å²) in [5.41, 5.74) is 2.45. The van der Waals surface area contributed by atoms with Gasteiger partial charge in [0.05, 0.1) is 23.5 Å². The van der Waals surface area contributed by atoms with Crippen molar-refractivity contribution in [3.8, 4) is 5.69 Å². The standard InChI is InChI=1S/C28H37N5O4/c1-6-8-9-21-19-24(26(34)36-7-2)33(30-21)22-11-12-23-20(18-22)10-13-25(29-23)31-14-16-32(17-15-31)27(35)37-28(3,4)5/h10-13,18-19H,6-9,14-17H2,1-5H3. The molecule has 0 radical (unpaired) electrons. The Balaban J connectivity index is 1.52. The maximum absolute atomic E-state index is 12.6. The van der Waals surface area contributed by atoms with Gasteiger partial charge < -0.3 is 19.3 Å². The molecule has 1 aliphatic rings. The molecule has 9 heteroatoms. The molecule has 3 aromatic rings. The third-order valence-electron chi connectivity index (χ3n) is 6.19. The Labute approximate surface area is 218 Å². The van der Waals surface area contributed by atoms with Gasteiger partial charge in [-0.05, 0) is 76.9 Å². The minimum atomic E-state index is -0.503. The van der Waals surface area contributed by atoms with Gasteiger partial charge in [0, 0.05) is 31.6 Å². The van der Waals surface area contributed by atoms with Crippen LogP contribution in [0.4, 0.5) is 10.6 Å². The van der Waals surface area contributed by atoms with E-state index in [2.05, 4.69) is 11.8 Å². The molecule has 0 spiro atoms. The summed E-state index contributed by atoms with van der Waals surface area (Å²) < 4.78 is 12.4. The van der Waals surface area contributed by atoms with Gasteiger partial charge in [-0.1, -0.05) is 13.3 Å². The van der Waals surface area contributed by atoms with E-state index in [0.717, 1.165) is 47.4 Å². The van der Waals surface area contributed by atoms with Crippen LogP contribution in [-0.2, 0) is 15.9 Å². The van der Waals surface area contributed by atoms with E-state index in [1.807, 2.05) is 57.2 Å². The number of amides is 1. The number of aryl methyl sites for hydroxylation is 1. The van der Waals surface area contributed by atoms with Gasteiger partial charge in [0.15, 0.2) is 5.69 Å². The second-order valence-corrected chi connectivity index (χ2v) is 10.3. The fourth-order valence-electron chi connectivity index (χ4n) is 4.31. The molecule has 0 N–H and O–H groups in total. The van der Waals surface area contributed by atoms with E-state index in [0.29, 0.717) is 38.5 Å². The zero-order chi connectivity index (χ0) is 26.6. The lowest BCUT2D eigenvalue weighted by molar-refractivity contribution is 0.0240. The van der Waals surface area contributed by atoms with Crippen molar-refractivity contribution >= 4 is 28.8 Å². The molecule has 0 unspecified atom stereocenters. The molecule has 1 amide bonds. The predicted octanol–water partition coefficient (Wildman–Crippen LogP) is 5.00. The first-order valence-corrected chi connectivity index (χ1v) is 13.1. The van der Waals surface area contributed by atoms with E-state index in [-0.39, 0.29) is 12.1 Å². The van der Waals surface area contributed by atoms with Gasteiger partial charge in [-0.2, -0.15) is 5.10 Å². The Morgan fingerprint density at radius 2 is 1.76 bits per heavy atom. The second-order valence-electron chi connectivity index (χ2n) is 10.3. The van der Waals surface area contributed by atoms with E-state index in [1.165, 1.54) is 0 Å². The van der Waals surface area contributed by atoms with Crippen molar-refractivity contribution in [3.05, 3.63) is 47.8 Å². The highest BCUT2D eigenvalue weighted by Gasteiger charge is 2.26. The smallest absolute Gasteiger partial charge is 0.410 e. The van der Waals surface area contributed by atoms with Crippen LogP contribution in [0.3, 0.4) is 0 Å². The highest BCUT2D eigenvalue weighted by molar-refractivity contribution is 5.89. The first kappa shape index (κ1) is 26.4. The zero-order valence-corrected chi connectivity index (χ0v) is 22.5. The fraction of sp³-hybridized carbons (Fsp3) is 0.500. The number of hydrogen-bond donors (Lipinski definition) is 0. The summed E-state index contributed by atoms with van der Waals surface area (Å²) in [4.78, 5) is 33.8. The normalized spacial score (nSPS) is 14.2. The molecule has 4 rings (SSSR count). The van der Waals surface area contributed by atoms with Crippen LogP contribution in [0.15, 0.2) is 36.4 Å². The zero-order valence-electron chi connectivity index (χ0n) is 22.5. The molecule has 1 saturated heterocycles. The Hall–Kier alpha value is -3.62. The van der Waals surface area contributed by atoms with Crippen molar-refractivity contribution < 1.29 is 19.1 Å². The molecule has 0 saturated carbocycles. The molecule has 3 heterocycles. The van der Waals surface area contributed by atoms with Gasteiger partial charge in [-0.15, -0.1) is 0 Å². The van der Waals surface area contributed by atoms with Crippen molar-refractivity contribution in [2.24, 2.45) is 0 Å². The lowest BCUT2D eigenvalue weighted by Gasteiger charge is -2.36. The van der Waals surface area contributed by atoms with Crippen molar-refractivity contribution in [2.45, 2.75) is 59.5 Å². The molecule has 9 nitrogen and oxygen atoms in total. The number of rotatable bonds is 7. The summed E-state index contributed by atoms with van der Waals surface area (Å²) in [6.45, 7) is 12.4. The average Bonchev–Trinajstić information content (AvgIpc) is 3.30. The van der Waals surface area contributed by atoms with Gasteiger partial charge in [0.2, 0.25) is 0 Å². The van der Waals surface area contributed by atoms with Gasteiger partial charge in [-0.25, -0.2) is 19.3 Å². The van der Waals surface area contributed by atoms with Crippen LogP contribution in [0.2, 0.25) is 0 Å². The topological polar surface area (TPSA) is 89.8 Å². The SMILES string of the molecule is CCCCc1cc(C(=O)OCC)n(-c2ccc3nc(N4CCN(C(=O)OC(C)(C)C)CC4)ccc3c2)n1. The molecule has 37 heavy (non-hydrogen) atoms. The van der Waals surface area contributed by atoms with Crippen molar-refractivity contribution in [3.63, 3.8) is 0 Å². The van der Waals surface area contributed by atoms with E-state index in [4.69, 9.17) is 19.6 Å². The number of carbonyl (C=O) groups is 2. The molecular weight excluding hydrogens is 470 g/mol. The third-order valence-corrected chi connectivity index (χ3v) is 6.19. The lowest BCUT2D eigenvalue weighted by Crippen LogP contribution is -2.50. The molecule has 198 valence electrons. The quantitative estimate of drug-likeness (QED) is 0.416. The van der Waals surface area contributed by atoms with E-state index in [1.54, 1.807) is 16.5 Å². The number of nitrogens with zero attached hydrogens (tertiary/aromatic N) is 5. The van der Waals surface area contributed by atoms with Gasteiger partial charge in [-0.3, -0.25) is 0 Å². The number of pyridine rings is 1. The minimum Gasteiger partial charge on any atom is -0.461 e. The molecule has 0 bridgehead atoms. The number of ether oxygens (including phenoxy) is 2. The Kier molecular flexibility index (Phi) is 8.00. The van der Waals surface area contributed by atoms with Crippen LogP contribution in [0.5, 0.6) is 0 Å². The lowest BCUT2D eigenvalue weighted by atomic mass is 10.2. The van der Waals surface area contributed by atoms with Crippen LogP contribution in [0.25, 0.3) is 16.6 Å². The van der Waals surface area contributed by atoms with Crippen LogP contribution in [-0.4, -0.2) is 70.1 Å². The molecule has 1 aliphatic heterocycles. The highest BCUT2D eigenvalue weighted by Crippen LogP contribution is 2.24. The predicted molar refractivity (Wildman–Crippen MR) is 143 cm³/mol. The summed E-state index contributed by atoms with van der Waals surface area (Å²) in [5, 5.41) is 5.66. The van der Waals surface area contributed by atoms with Crippen molar-refractivity contribution in [2.75, 3.05) is 37.7 Å². The summed E-state index contributed by atoms with van der Waals surface area (Å²) >= 11 is 0. The van der Waals surface area contributed by atoms with Gasteiger partial charge >= 0.3 is 12.1 Å². The van der Waals surface area contributed by atoms with E-state index >= 15 is 0 Å². The number of carbonyl (C=O) groups excluding carboxylic acids is 2. The number of anilines is 1. The average molecular weight is 508 g/mol. The molecule has 1 aromatic carbocycles. The van der Waals surface area contributed by atoms with Crippen LogP contribution >= 0.6 is 0 Å². The number of aromatic nitrogens is 3. The number of benzene rings is 1. The first-order chi connectivity index (χ1) is 17.7. The second kappa shape index (κ2) is 11.2. The summed E-state index contributed by atoms with van der Waals surface area (Å²) in [7, 11) is 0. The monoisotopic (exact) mass is 507 g/mol. The molecule has 1 fully saturated rings. The number of piperazine rings is 1. The van der Waals surface area contributed by atoms with Crippen LogP contribution in [0.1, 0.15) is 63.6 Å². The van der Waals surface area contributed by atoms with E-state index in [9.17, 15) is 9.59 Å². The van der Waals surface area contributed by atoms with Gasteiger partial charge in [0.25, 0.3) is 0 Å². The fourth-order valence-corrected chi connectivity index (χ4v) is 4.31. The van der Waals surface area contributed by atoms with Gasteiger partial charge in [0.1, 0.15) is 11.4 Å². The number of fused-ring (bicyclic) bond motifs is 1. The summed E-state index contributed by atoms with van der Waals surface area (Å²) in [5.74, 6) is 0.495. The highest BCUT2D eigenvalue weighted by atomic mass is 16.6. The first-order valence-electron chi connectivity index (χ1n) is 13.1.